The van der Waals surface area contributed by atoms with Gasteiger partial charge in [-0.1, -0.05) is 23.8 Å². The van der Waals surface area contributed by atoms with Crippen molar-refractivity contribution >= 4 is 9.84 Å². The van der Waals surface area contributed by atoms with Crippen molar-refractivity contribution in [2.75, 3.05) is 0 Å². The lowest BCUT2D eigenvalue weighted by atomic mass is 10.1. The maximum atomic E-state index is 12.8. The first kappa shape index (κ1) is 14.6. The van der Waals surface area contributed by atoms with Gasteiger partial charge in [-0.25, -0.2) is 8.42 Å². The summed E-state index contributed by atoms with van der Waals surface area (Å²) in [4.78, 5) is 0.324. The fraction of sp³-hybridized carbons (Fsp3) is 0.250. The summed E-state index contributed by atoms with van der Waals surface area (Å²) in [5.41, 5.74) is 1.50. The maximum Gasteiger partial charge on any atom is 0.185 e. The molecule has 4 heteroatoms. The molecule has 0 amide bonds. The Morgan fingerprint density at radius 3 is 2.45 bits per heavy atom. The molecule has 3 nitrogen and oxygen atoms in total. The van der Waals surface area contributed by atoms with Crippen LogP contribution in [0.25, 0.3) is 0 Å². The molecule has 0 N–H and O–H groups in total. The highest BCUT2D eigenvalue weighted by Crippen LogP contribution is 2.34. The van der Waals surface area contributed by atoms with Gasteiger partial charge in [0, 0.05) is 5.56 Å². The van der Waals surface area contributed by atoms with Gasteiger partial charge >= 0.3 is 0 Å². The molecular formula is C16H18O3S. The van der Waals surface area contributed by atoms with E-state index in [9.17, 15) is 8.42 Å². The van der Waals surface area contributed by atoms with Gasteiger partial charge < -0.3 is 4.42 Å². The minimum atomic E-state index is -3.46. The van der Waals surface area contributed by atoms with Crippen LogP contribution in [-0.4, -0.2) is 8.42 Å². The van der Waals surface area contributed by atoms with E-state index in [1.165, 1.54) is 6.26 Å². The van der Waals surface area contributed by atoms with Crippen molar-refractivity contribution in [3.63, 3.8) is 0 Å². The fourth-order valence-corrected chi connectivity index (χ4v) is 3.98. The summed E-state index contributed by atoms with van der Waals surface area (Å²) < 4.78 is 30.9. The molecule has 1 unspecified atom stereocenters. The molecule has 0 saturated heterocycles. The van der Waals surface area contributed by atoms with Gasteiger partial charge in [-0.2, -0.15) is 0 Å². The van der Waals surface area contributed by atoms with Crippen molar-refractivity contribution in [3.05, 3.63) is 66.1 Å². The third-order valence-corrected chi connectivity index (χ3v) is 5.22. The summed E-state index contributed by atoms with van der Waals surface area (Å²) in [5.74, 6) is 0.704. The van der Waals surface area contributed by atoms with Crippen LogP contribution in [0.3, 0.4) is 0 Å². The molecule has 1 aromatic heterocycles. The minimum Gasteiger partial charge on any atom is -0.469 e. The average molecular weight is 290 g/mol. The maximum absolute atomic E-state index is 12.8. The van der Waals surface area contributed by atoms with E-state index >= 15 is 0 Å². The van der Waals surface area contributed by atoms with E-state index in [2.05, 4.69) is 6.58 Å². The van der Waals surface area contributed by atoms with E-state index in [0.29, 0.717) is 22.6 Å². The van der Waals surface area contributed by atoms with E-state index in [-0.39, 0.29) is 0 Å². The van der Waals surface area contributed by atoms with Gasteiger partial charge in [0.2, 0.25) is 0 Å². The number of allylic oxidation sites excluding steroid dienone is 1. The predicted molar refractivity (Wildman–Crippen MR) is 79.2 cm³/mol. The molecular weight excluding hydrogens is 272 g/mol. The summed E-state index contributed by atoms with van der Waals surface area (Å²) >= 11 is 0. The highest BCUT2D eigenvalue weighted by molar-refractivity contribution is 7.91. The summed E-state index contributed by atoms with van der Waals surface area (Å²) in [7, 11) is -3.46. The van der Waals surface area contributed by atoms with Gasteiger partial charge in [-0.05, 0) is 38.5 Å². The Morgan fingerprint density at radius 1 is 1.30 bits per heavy atom. The molecule has 0 radical (unpaired) electrons. The number of hydrogen-bond acceptors (Lipinski definition) is 3. The molecule has 0 spiro atoms. The first-order valence-corrected chi connectivity index (χ1v) is 7.94. The molecule has 1 heterocycles. The highest BCUT2D eigenvalue weighted by Gasteiger charge is 2.30. The monoisotopic (exact) mass is 290 g/mol. The second-order valence-corrected chi connectivity index (χ2v) is 7.13. The molecule has 1 atom stereocenters. The Hall–Kier alpha value is -1.81. The quantitative estimate of drug-likeness (QED) is 0.780. The molecule has 0 bridgehead atoms. The Labute approximate surface area is 119 Å². The van der Waals surface area contributed by atoms with E-state index in [1.54, 1.807) is 43.3 Å². The summed E-state index contributed by atoms with van der Waals surface area (Å²) in [6.45, 7) is 7.48. The van der Waals surface area contributed by atoms with Crippen LogP contribution in [0.15, 0.2) is 64.1 Å². The van der Waals surface area contributed by atoms with Crippen LogP contribution < -0.4 is 0 Å². The second-order valence-electron chi connectivity index (χ2n) is 5.00. The Balaban J connectivity index is 2.49. The van der Waals surface area contributed by atoms with Crippen molar-refractivity contribution in [3.8, 4) is 0 Å². The Bertz CT molecular complexity index is 696. The van der Waals surface area contributed by atoms with Crippen LogP contribution in [0.4, 0.5) is 0 Å². The first-order chi connectivity index (χ1) is 9.41. The highest BCUT2D eigenvalue weighted by atomic mass is 32.2. The van der Waals surface area contributed by atoms with Gasteiger partial charge in [-0.15, -0.1) is 6.58 Å². The zero-order valence-corrected chi connectivity index (χ0v) is 12.5. The summed E-state index contributed by atoms with van der Waals surface area (Å²) in [6, 6.07) is 10.3. The molecule has 1 aromatic carbocycles. The van der Waals surface area contributed by atoms with Gasteiger partial charge in [-0.3, -0.25) is 0 Å². The smallest absolute Gasteiger partial charge is 0.185 e. The molecule has 0 fully saturated rings. The number of rotatable bonds is 5. The van der Waals surface area contributed by atoms with Crippen LogP contribution in [0.2, 0.25) is 0 Å². The van der Waals surface area contributed by atoms with Gasteiger partial charge in [0.15, 0.2) is 9.84 Å². The fourth-order valence-electron chi connectivity index (χ4n) is 2.13. The molecule has 106 valence electrons. The molecule has 2 rings (SSSR count). The number of benzene rings is 1. The van der Waals surface area contributed by atoms with Crippen molar-refractivity contribution in [1.29, 1.82) is 0 Å². The normalized spacial score (nSPS) is 13.1. The van der Waals surface area contributed by atoms with Crippen molar-refractivity contribution in [2.45, 2.75) is 30.4 Å². The molecule has 0 saturated carbocycles. The summed E-state index contributed by atoms with van der Waals surface area (Å²) in [5, 5.41) is -0.653. The van der Waals surface area contributed by atoms with Crippen molar-refractivity contribution in [2.24, 2.45) is 0 Å². The van der Waals surface area contributed by atoms with Crippen molar-refractivity contribution < 1.29 is 12.8 Å². The van der Waals surface area contributed by atoms with Crippen LogP contribution in [0, 0.1) is 6.92 Å². The second kappa shape index (κ2) is 5.67. The predicted octanol–water partition coefficient (Wildman–Crippen LogP) is 4.07. The molecule has 0 aliphatic rings. The lowest BCUT2D eigenvalue weighted by Gasteiger charge is -2.16. The number of sulfone groups is 1. The van der Waals surface area contributed by atoms with Gasteiger partial charge in [0.25, 0.3) is 0 Å². The number of aryl methyl sites for hydroxylation is 1. The van der Waals surface area contributed by atoms with E-state index in [4.69, 9.17) is 4.42 Å². The Kier molecular flexibility index (Phi) is 4.14. The zero-order chi connectivity index (χ0) is 14.8. The molecule has 0 aliphatic carbocycles. The standard InChI is InChI=1S/C16H18O3S/c1-12(2)9-16(14-10-13(3)19-11-14)20(17,18)15-7-5-4-6-8-15/h4-8,10-11,16H,1,9H2,2-3H3. The SMILES string of the molecule is C=C(C)CC(c1coc(C)c1)S(=O)(=O)c1ccccc1. The minimum absolute atomic E-state index is 0.324. The number of furan rings is 1. The van der Waals surface area contributed by atoms with Gasteiger partial charge in [0.1, 0.15) is 5.76 Å². The van der Waals surface area contributed by atoms with E-state index in [0.717, 1.165) is 5.57 Å². The largest absolute Gasteiger partial charge is 0.469 e. The van der Waals surface area contributed by atoms with Crippen LogP contribution in [-0.2, 0) is 9.84 Å². The number of hydrogen-bond donors (Lipinski definition) is 0. The van der Waals surface area contributed by atoms with E-state index in [1.807, 2.05) is 6.92 Å². The van der Waals surface area contributed by atoms with Crippen LogP contribution in [0.1, 0.15) is 29.9 Å². The lowest BCUT2D eigenvalue weighted by Crippen LogP contribution is -2.13. The molecule has 20 heavy (non-hydrogen) atoms. The average Bonchev–Trinajstić information content (AvgIpc) is 2.83. The van der Waals surface area contributed by atoms with Gasteiger partial charge in [0.05, 0.1) is 16.4 Å². The van der Waals surface area contributed by atoms with E-state index < -0.39 is 15.1 Å². The third-order valence-electron chi connectivity index (χ3n) is 3.10. The summed E-state index contributed by atoms with van der Waals surface area (Å²) in [6.07, 6.45) is 1.90. The third kappa shape index (κ3) is 3.02. The first-order valence-electron chi connectivity index (χ1n) is 6.39. The Morgan fingerprint density at radius 2 is 1.95 bits per heavy atom. The molecule has 2 aromatic rings. The van der Waals surface area contributed by atoms with Crippen LogP contribution >= 0.6 is 0 Å². The topological polar surface area (TPSA) is 47.3 Å². The molecule has 0 aliphatic heterocycles. The van der Waals surface area contributed by atoms with Crippen molar-refractivity contribution in [1.82, 2.24) is 0 Å². The lowest BCUT2D eigenvalue weighted by molar-refractivity contribution is 0.529. The van der Waals surface area contributed by atoms with Crippen LogP contribution in [0.5, 0.6) is 0 Å². The zero-order valence-electron chi connectivity index (χ0n) is 11.7.